The summed E-state index contributed by atoms with van der Waals surface area (Å²) in [6.07, 6.45) is 2.16. The summed E-state index contributed by atoms with van der Waals surface area (Å²) < 4.78 is 11.0. The van der Waals surface area contributed by atoms with E-state index >= 15 is 0 Å². The first-order valence-corrected chi connectivity index (χ1v) is 8.02. The van der Waals surface area contributed by atoms with E-state index in [1.807, 2.05) is 29.2 Å². The van der Waals surface area contributed by atoms with E-state index in [-0.39, 0.29) is 5.91 Å². The molecule has 0 saturated carbocycles. The van der Waals surface area contributed by atoms with Crippen LogP contribution in [0.3, 0.4) is 0 Å². The molecule has 0 spiro atoms. The molecule has 24 heavy (non-hydrogen) atoms. The van der Waals surface area contributed by atoms with E-state index in [2.05, 4.69) is 14.9 Å². The second kappa shape index (κ2) is 5.99. The van der Waals surface area contributed by atoms with Crippen LogP contribution in [0.1, 0.15) is 22.7 Å². The highest BCUT2D eigenvalue weighted by Crippen LogP contribution is 2.23. The number of para-hydroxylation sites is 2. The molecule has 0 atom stereocenters. The van der Waals surface area contributed by atoms with Gasteiger partial charge in [-0.2, -0.15) is 4.98 Å². The van der Waals surface area contributed by atoms with Gasteiger partial charge in [0.25, 0.3) is 11.9 Å². The summed E-state index contributed by atoms with van der Waals surface area (Å²) in [7, 11) is 0. The highest BCUT2D eigenvalue weighted by atomic mass is 16.4. The summed E-state index contributed by atoms with van der Waals surface area (Å²) in [6, 6.07) is 8.33. The van der Waals surface area contributed by atoms with Crippen LogP contribution in [0.2, 0.25) is 0 Å². The molecule has 1 aliphatic heterocycles. The first-order chi connectivity index (χ1) is 11.7. The molecule has 0 bridgehead atoms. The predicted molar refractivity (Wildman–Crippen MR) is 88.0 cm³/mol. The molecule has 1 aliphatic rings. The average molecular weight is 326 g/mol. The van der Waals surface area contributed by atoms with Gasteiger partial charge >= 0.3 is 0 Å². The first-order valence-electron chi connectivity index (χ1n) is 8.02. The molecule has 2 aromatic heterocycles. The molecular formula is C17H18N4O3. The standard InChI is InChI=1S/C17H18N4O3/c1-12-15(18-11-23-12)16(22)20-7-4-8-21(10-9-20)17-19-13-5-2-3-6-14(13)24-17/h2-3,5-6,11H,4,7-10H2,1H3. The molecule has 7 nitrogen and oxygen atoms in total. The summed E-state index contributed by atoms with van der Waals surface area (Å²) in [5, 5.41) is 0. The molecule has 4 rings (SSSR count). The minimum atomic E-state index is -0.0827. The molecule has 124 valence electrons. The van der Waals surface area contributed by atoms with Gasteiger partial charge in [-0.15, -0.1) is 0 Å². The Balaban J connectivity index is 1.50. The van der Waals surface area contributed by atoms with Crippen LogP contribution in [0.5, 0.6) is 0 Å². The van der Waals surface area contributed by atoms with Crippen molar-refractivity contribution < 1.29 is 13.6 Å². The van der Waals surface area contributed by atoms with Crippen molar-refractivity contribution in [2.75, 3.05) is 31.1 Å². The number of aryl methyl sites for hydroxylation is 1. The Morgan fingerprint density at radius 2 is 2.04 bits per heavy atom. The van der Waals surface area contributed by atoms with Gasteiger partial charge < -0.3 is 18.6 Å². The third kappa shape index (κ3) is 2.62. The minimum Gasteiger partial charge on any atom is -0.448 e. The third-order valence-corrected chi connectivity index (χ3v) is 4.28. The maximum atomic E-state index is 12.6. The second-order valence-corrected chi connectivity index (χ2v) is 5.85. The van der Waals surface area contributed by atoms with Crippen molar-refractivity contribution >= 4 is 23.0 Å². The summed E-state index contributed by atoms with van der Waals surface area (Å²) in [4.78, 5) is 25.0. The molecular weight excluding hydrogens is 308 g/mol. The topological polar surface area (TPSA) is 75.6 Å². The third-order valence-electron chi connectivity index (χ3n) is 4.28. The van der Waals surface area contributed by atoms with Crippen molar-refractivity contribution in [2.45, 2.75) is 13.3 Å². The SMILES string of the molecule is Cc1ocnc1C(=O)N1CCCN(c2nc3ccccc3o2)CC1. The van der Waals surface area contributed by atoms with Crippen molar-refractivity contribution in [1.29, 1.82) is 0 Å². The zero-order chi connectivity index (χ0) is 16.5. The number of nitrogens with zero attached hydrogens (tertiary/aromatic N) is 4. The van der Waals surface area contributed by atoms with Crippen molar-refractivity contribution in [3.05, 3.63) is 42.1 Å². The average Bonchev–Trinajstić information content (AvgIpc) is 3.13. The summed E-state index contributed by atoms with van der Waals surface area (Å²) in [5.41, 5.74) is 2.02. The molecule has 0 N–H and O–H groups in total. The predicted octanol–water partition coefficient (Wildman–Crippen LogP) is 2.48. The largest absolute Gasteiger partial charge is 0.448 e. The van der Waals surface area contributed by atoms with Gasteiger partial charge in [-0.25, -0.2) is 4.98 Å². The van der Waals surface area contributed by atoms with Gasteiger partial charge in [0.2, 0.25) is 0 Å². The van der Waals surface area contributed by atoms with Crippen LogP contribution in [-0.2, 0) is 0 Å². The quantitative estimate of drug-likeness (QED) is 0.720. The molecule has 0 aliphatic carbocycles. The Morgan fingerprint density at radius 1 is 1.17 bits per heavy atom. The lowest BCUT2D eigenvalue weighted by molar-refractivity contribution is 0.0760. The Morgan fingerprint density at radius 3 is 2.83 bits per heavy atom. The maximum absolute atomic E-state index is 12.6. The number of anilines is 1. The van der Waals surface area contributed by atoms with Crippen molar-refractivity contribution in [3.63, 3.8) is 0 Å². The number of amides is 1. The van der Waals surface area contributed by atoms with E-state index in [1.54, 1.807) is 6.92 Å². The number of hydrogen-bond donors (Lipinski definition) is 0. The van der Waals surface area contributed by atoms with Crippen LogP contribution in [0.4, 0.5) is 6.01 Å². The molecule has 0 radical (unpaired) electrons. The van der Waals surface area contributed by atoms with E-state index in [1.165, 1.54) is 6.39 Å². The molecule has 1 fully saturated rings. The Kier molecular flexibility index (Phi) is 3.68. The molecule has 0 unspecified atom stereocenters. The van der Waals surface area contributed by atoms with Crippen molar-refractivity contribution in [1.82, 2.24) is 14.9 Å². The lowest BCUT2D eigenvalue weighted by Crippen LogP contribution is -2.35. The monoisotopic (exact) mass is 326 g/mol. The van der Waals surface area contributed by atoms with Crippen LogP contribution < -0.4 is 4.90 Å². The van der Waals surface area contributed by atoms with Crippen molar-refractivity contribution in [2.24, 2.45) is 0 Å². The highest BCUT2D eigenvalue weighted by molar-refractivity contribution is 5.93. The number of hydrogen-bond acceptors (Lipinski definition) is 6. The van der Waals surface area contributed by atoms with E-state index in [9.17, 15) is 4.79 Å². The van der Waals surface area contributed by atoms with Gasteiger partial charge in [0, 0.05) is 26.2 Å². The van der Waals surface area contributed by atoms with Crippen LogP contribution in [-0.4, -0.2) is 47.0 Å². The number of carbonyl (C=O) groups is 1. The number of rotatable bonds is 2. The van der Waals surface area contributed by atoms with Gasteiger partial charge in [-0.3, -0.25) is 4.79 Å². The number of benzene rings is 1. The molecule has 3 heterocycles. The molecule has 3 aromatic rings. The van der Waals surface area contributed by atoms with Crippen molar-refractivity contribution in [3.8, 4) is 0 Å². The Labute approximate surface area is 138 Å². The van der Waals surface area contributed by atoms with E-state index in [0.717, 1.165) is 24.1 Å². The van der Waals surface area contributed by atoms with Gasteiger partial charge in [0.15, 0.2) is 17.7 Å². The van der Waals surface area contributed by atoms with Crippen LogP contribution >= 0.6 is 0 Å². The fourth-order valence-corrected chi connectivity index (χ4v) is 2.97. The number of carbonyl (C=O) groups excluding carboxylic acids is 1. The zero-order valence-electron chi connectivity index (χ0n) is 13.4. The Hall–Kier alpha value is -2.83. The van der Waals surface area contributed by atoms with Crippen LogP contribution in [0.15, 0.2) is 39.5 Å². The smallest absolute Gasteiger partial charge is 0.298 e. The van der Waals surface area contributed by atoms with Crippen LogP contribution in [0, 0.1) is 6.92 Å². The lowest BCUT2D eigenvalue weighted by atomic mass is 10.3. The molecule has 1 saturated heterocycles. The molecule has 7 heteroatoms. The Bertz CT molecular complexity index is 836. The summed E-state index contributed by atoms with van der Waals surface area (Å²) in [5.74, 6) is 0.473. The lowest BCUT2D eigenvalue weighted by Gasteiger charge is -2.20. The number of oxazole rings is 2. The number of aromatic nitrogens is 2. The van der Waals surface area contributed by atoms with Crippen LogP contribution in [0.25, 0.3) is 11.1 Å². The minimum absolute atomic E-state index is 0.0827. The van der Waals surface area contributed by atoms with E-state index < -0.39 is 0 Å². The van der Waals surface area contributed by atoms with Gasteiger partial charge in [-0.05, 0) is 25.5 Å². The van der Waals surface area contributed by atoms with Gasteiger partial charge in [0.1, 0.15) is 11.3 Å². The van der Waals surface area contributed by atoms with Gasteiger partial charge in [-0.1, -0.05) is 12.1 Å². The second-order valence-electron chi connectivity index (χ2n) is 5.85. The fourth-order valence-electron chi connectivity index (χ4n) is 2.97. The maximum Gasteiger partial charge on any atom is 0.298 e. The first kappa shape index (κ1) is 14.7. The molecule has 1 aromatic carbocycles. The zero-order valence-corrected chi connectivity index (χ0v) is 13.4. The van der Waals surface area contributed by atoms with E-state index in [0.29, 0.717) is 37.1 Å². The number of fused-ring (bicyclic) bond motifs is 1. The van der Waals surface area contributed by atoms with Gasteiger partial charge in [0.05, 0.1) is 0 Å². The summed E-state index contributed by atoms with van der Waals surface area (Å²) >= 11 is 0. The fraction of sp³-hybridized carbons (Fsp3) is 0.353. The summed E-state index contributed by atoms with van der Waals surface area (Å²) in [6.45, 7) is 4.51. The highest BCUT2D eigenvalue weighted by Gasteiger charge is 2.25. The molecule has 1 amide bonds. The normalized spacial score (nSPS) is 15.7. The van der Waals surface area contributed by atoms with E-state index in [4.69, 9.17) is 8.83 Å².